The van der Waals surface area contributed by atoms with Crippen molar-refractivity contribution < 1.29 is 31.5 Å². The monoisotopic (exact) mass is 404 g/mol. The van der Waals surface area contributed by atoms with Gasteiger partial charge in [-0.3, -0.25) is 0 Å². The van der Waals surface area contributed by atoms with Crippen molar-refractivity contribution >= 4 is 38.6 Å². The van der Waals surface area contributed by atoms with Gasteiger partial charge in [0, 0.05) is 11.6 Å². The number of fused-ring (bicyclic) bond motifs is 1. The molecule has 0 saturated carbocycles. The highest BCUT2D eigenvalue weighted by Gasteiger charge is 2.36. The molecule has 0 fully saturated rings. The number of carboxylic acids is 1. The molecule has 2 heterocycles. The first kappa shape index (κ1) is 18.2. The van der Waals surface area contributed by atoms with Crippen LogP contribution in [0, 0.1) is 0 Å². The summed E-state index contributed by atoms with van der Waals surface area (Å²) in [6, 6.07) is 7.58. The topological polar surface area (TPSA) is 89.3 Å². The van der Waals surface area contributed by atoms with Crippen molar-refractivity contribution in [3.8, 4) is 0 Å². The highest BCUT2D eigenvalue weighted by Crippen LogP contribution is 2.39. The number of alkyl halides is 3. The molecule has 26 heavy (non-hydrogen) atoms. The number of hydrogen-bond acceptors (Lipinski definition) is 4. The Morgan fingerprint density at radius 2 is 1.81 bits per heavy atom. The van der Waals surface area contributed by atoms with Crippen LogP contribution in [0.3, 0.4) is 0 Å². The van der Waals surface area contributed by atoms with Gasteiger partial charge in [0.15, 0.2) is 5.65 Å². The molecule has 1 N–H and O–H groups in total. The fraction of sp³-hybridized carbons (Fsp3) is 0.0667. The van der Waals surface area contributed by atoms with E-state index in [4.69, 9.17) is 11.6 Å². The van der Waals surface area contributed by atoms with E-state index in [1.54, 1.807) is 6.07 Å². The van der Waals surface area contributed by atoms with Gasteiger partial charge in [-0.05, 0) is 18.2 Å². The van der Waals surface area contributed by atoms with Gasteiger partial charge in [0.05, 0.1) is 15.5 Å². The third kappa shape index (κ3) is 2.80. The summed E-state index contributed by atoms with van der Waals surface area (Å²) in [5.74, 6) is -1.66. The third-order valence-corrected chi connectivity index (χ3v) is 5.65. The normalized spacial score (nSPS) is 12.5. The van der Waals surface area contributed by atoms with Crippen molar-refractivity contribution in [2.75, 3.05) is 0 Å². The highest BCUT2D eigenvalue weighted by molar-refractivity contribution is 7.90. The van der Waals surface area contributed by atoms with Crippen LogP contribution in [0.4, 0.5) is 13.2 Å². The maximum atomic E-state index is 13.0. The van der Waals surface area contributed by atoms with E-state index in [0.29, 0.717) is 10.2 Å². The van der Waals surface area contributed by atoms with Gasteiger partial charge in [0.2, 0.25) is 0 Å². The second-order valence-corrected chi connectivity index (χ2v) is 7.30. The van der Waals surface area contributed by atoms with Gasteiger partial charge < -0.3 is 5.11 Å². The lowest BCUT2D eigenvalue weighted by Crippen LogP contribution is -2.19. The lowest BCUT2D eigenvalue weighted by Gasteiger charge is -2.11. The minimum atomic E-state index is -4.83. The Bertz CT molecular complexity index is 1130. The Kier molecular flexibility index (Phi) is 4.20. The van der Waals surface area contributed by atoms with E-state index in [1.807, 2.05) is 0 Å². The van der Waals surface area contributed by atoms with E-state index < -0.39 is 49.5 Å². The molecule has 0 aliphatic carbocycles. The smallest absolute Gasteiger partial charge is 0.419 e. The van der Waals surface area contributed by atoms with E-state index in [2.05, 4.69) is 4.98 Å². The second kappa shape index (κ2) is 5.99. The molecule has 0 bridgehead atoms. The lowest BCUT2D eigenvalue weighted by atomic mass is 10.2. The van der Waals surface area contributed by atoms with E-state index in [9.17, 15) is 31.5 Å². The predicted octanol–water partition coefficient (Wildman–Crippen LogP) is 3.64. The van der Waals surface area contributed by atoms with Crippen LogP contribution in [0.1, 0.15) is 16.1 Å². The van der Waals surface area contributed by atoms with Crippen LogP contribution in [0.15, 0.2) is 47.5 Å². The molecule has 0 amide bonds. The van der Waals surface area contributed by atoms with E-state index >= 15 is 0 Å². The van der Waals surface area contributed by atoms with Crippen molar-refractivity contribution in [1.82, 2.24) is 8.96 Å². The summed E-state index contributed by atoms with van der Waals surface area (Å²) in [4.78, 5) is 14.8. The van der Waals surface area contributed by atoms with Gasteiger partial charge in [-0.2, -0.15) is 13.2 Å². The van der Waals surface area contributed by atoms with E-state index in [-0.39, 0.29) is 4.90 Å². The van der Waals surface area contributed by atoms with Crippen LogP contribution in [-0.4, -0.2) is 28.5 Å². The van der Waals surface area contributed by atoms with Crippen LogP contribution >= 0.6 is 11.6 Å². The standard InChI is InChI=1S/C15H8ClF3N2O4S/c16-12-9-6-11(14(22)23)21(13(9)20-7-10(12)15(17,18)19)26(24,25)8-4-2-1-3-5-8/h1-7H,(H,22,23). The number of aromatic nitrogens is 2. The summed E-state index contributed by atoms with van der Waals surface area (Å²) >= 11 is 5.75. The molecule has 0 aliphatic heterocycles. The lowest BCUT2D eigenvalue weighted by molar-refractivity contribution is -0.137. The number of benzene rings is 1. The van der Waals surface area contributed by atoms with Crippen LogP contribution < -0.4 is 0 Å². The molecule has 0 unspecified atom stereocenters. The van der Waals surface area contributed by atoms with Gasteiger partial charge in [0.25, 0.3) is 10.0 Å². The second-order valence-electron chi connectivity index (χ2n) is 5.14. The summed E-state index contributed by atoms with van der Waals surface area (Å²) in [5, 5.41) is 8.06. The number of rotatable bonds is 3. The van der Waals surface area contributed by atoms with Crippen LogP contribution in [-0.2, 0) is 16.2 Å². The quantitative estimate of drug-likeness (QED) is 0.719. The average Bonchev–Trinajstić information content (AvgIpc) is 2.96. The van der Waals surface area contributed by atoms with Crippen LogP contribution in [0.2, 0.25) is 5.02 Å². The molecule has 0 radical (unpaired) electrons. The molecule has 3 aromatic rings. The zero-order valence-corrected chi connectivity index (χ0v) is 14.1. The van der Waals surface area contributed by atoms with Crippen molar-refractivity contribution in [2.45, 2.75) is 11.1 Å². The molecule has 0 saturated heterocycles. The molecule has 1 aromatic carbocycles. The maximum Gasteiger partial charge on any atom is 0.419 e. The van der Waals surface area contributed by atoms with Gasteiger partial charge >= 0.3 is 12.1 Å². The zero-order chi connectivity index (χ0) is 19.3. The molecule has 136 valence electrons. The van der Waals surface area contributed by atoms with Crippen molar-refractivity contribution in [2.24, 2.45) is 0 Å². The highest BCUT2D eigenvalue weighted by atomic mass is 35.5. The zero-order valence-electron chi connectivity index (χ0n) is 12.5. The first-order valence-electron chi connectivity index (χ1n) is 6.86. The van der Waals surface area contributed by atoms with Gasteiger partial charge in [-0.25, -0.2) is 22.2 Å². The molecule has 0 spiro atoms. The first-order valence-corrected chi connectivity index (χ1v) is 8.68. The first-order chi connectivity index (χ1) is 12.0. The SMILES string of the molecule is O=C(O)c1cc2c(Cl)c(C(F)(F)F)cnc2n1S(=O)(=O)c1ccccc1. The summed E-state index contributed by atoms with van der Waals surface area (Å²) in [6.07, 6.45) is -4.46. The number of carbonyl (C=O) groups is 1. The predicted molar refractivity (Wildman–Crippen MR) is 85.7 cm³/mol. The Morgan fingerprint density at radius 3 is 2.35 bits per heavy atom. The Morgan fingerprint density at radius 1 is 1.19 bits per heavy atom. The van der Waals surface area contributed by atoms with Crippen molar-refractivity contribution in [1.29, 1.82) is 0 Å². The number of nitrogens with zero attached hydrogens (tertiary/aromatic N) is 2. The molecular formula is C15H8ClF3N2O4S. The molecular weight excluding hydrogens is 397 g/mol. The summed E-state index contributed by atoms with van der Waals surface area (Å²) in [6.45, 7) is 0. The van der Waals surface area contributed by atoms with Crippen LogP contribution in [0.25, 0.3) is 11.0 Å². The largest absolute Gasteiger partial charge is 0.477 e. The minimum Gasteiger partial charge on any atom is -0.477 e. The minimum absolute atomic E-state index is 0.252. The van der Waals surface area contributed by atoms with Crippen molar-refractivity contribution in [3.63, 3.8) is 0 Å². The maximum absolute atomic E-state index is 13.0. The van der Waals surface area contributed by atoms with Gasteiger partial charge in [-0.15, -0.1) is 0 Å². The number of hydrogen-bond donors (Lipinski definition) is 1. The summed E-state index contributed by atoms with van der Waals surface area (Å²) in [7, 11) is -4.43. The molecule has 0 atom stereocenters. The number of halogens is 4. The fourth-order valence-electron chi connectivity index (χ4n) is 2.38. The molecule has 2 aromatic heterocycles. The van der Waals surface area contributed by atoms with Crippen LogP contribution in [0.5, 0.6) is 0 Å². The molecule has 0 aliphatic rings. The Balaban J connectivity index is 2.41. The number of pyridine rings is 1. The average molecular weight is 405 g/mol. The Labute approximate surface area is 149 Å². The van der Waals surface area contributed by atoms with Crippen molar-refractivity contribution in [3.05, 3.63) is 58.9 Å². The summed E-state index contributed by atoms with van der Waals surface area (Å²) in [5.41, 5.74) is -2.58. The molecule has 6 nitrogen and oxygen atoms in total. The molecule has 3 rings (SSSR count). The third-order valence-electron chi connectivity index (χ3n) is 3.53. The van der Waals surface area contributed by atoms with Gasteiger partial charge in [-0.1, -0.05) is 29.8 Å². The molecule has 11 heteroatoms. The summed E-state index contributed by atoms with van der Waals surface area (Å²) < 4.78 is 64.9. The Hall–Kier alpha value is -2.59. The number of aromatic carboxylic acids is 1. The number of carboxylic acid groups (broad SMARTS) is 1. The van der Waals surface area contributed by atoms with E-state index in [1.165, 1.54) is 24.3 Å². The fourth-order valence-corrected chi connectivity index (χ4v) is 4.15. The van der Waals surface area contributed by atoms with Gasteiger partial charge in [0.1, 0.15) is 5.69 Å². The van der Waals surface area contributed by atoms with E-state index in [0.717, 1.165) is 6.07 Å².